The zero-order valence-electron chi connectivity index (χ0n) is 9.80. The Balaban J connectivity index is 2.70. The van der Waals surface area contributed by atoms with Gasteiger partial charge in [0.1, 0.15) is 0 Å². The van der Waals surface area contributed by atoms with Crippen molar-refractivity contribution in [2.24, 2.45) is 10.9 Å². The molecule has 0 radical (unpaired) electrons. The summed E-state index contributed by atoms with van der Waals surface area (Å²) in [5.41, 5.74) is 6.09. The van der Waals surface area contributed by atoms with E-state index in [1.54, 1.807) is 6.92 Å². The molecule has 1 aromatic rings. The summed E-state index contributed by atoms with van der Waals surface area (Å²) in [5.74, 6) is -0.360. The van der Waals surface area contributed by atoms with Crippen LogP contribution in [0.3, 0.4) is 0 Å². The van der Waals surface area contributed by atoms with Crippen LogP contribution in [0.1, 0.15) is 36.0 Å². The first kappa shape index (κ1) is 13.0. The normalized spacial score (nSPS) is 13.4. The van der Waals surface area contributed by atoms with Gasteiger partial charge in [-0.15, -0.1) is 0 Å². The molecule has 7 nitrogen and oxygen atoms in total. The Morgan fingerprint density at radius 3 is 2.94 bits per heavy atom. The number of nitrogens with one attached hydrogen (secondary N) is 1. The van der Waals surface area contributed by atoms with Gasteiger partial charge in [0.25, 0.3) is 5.91 Å². The first-order chi connectivity index (χ1) is 8.08. The number of amides is 1. The number of hydrogen-bond acceptors (Lipinski definition) is 5. The van der Waals surface area contributed by atoms with Gasteiger partial charge in [-0.25, -0.2) is 0 Å². The number of aromatic nitrogens is 1. The fourth-order valence-corrected chi connectivity index (χ4v) is 1.35. The molecule has 1 rings (SSSR count). The summed E-state index contributed by atoms with van der Waals surface area (Å²) in [4.78, 5) is 11.7. The van der Waals surface area contributed by atoms with Crippen LogP contribution in [-0.4, -0.2) is 28.1 Å². The molecule has 0 saturated carbocycles. The van der Waals surface area contributed by atoms with Gasteiger partial charge >= 0.3 is 0 Å². The third-order valence-electron chi connectivity index (χ3n) is 2.21. The number of aryl methyl sites for hydroxylation is 1. The van der Waals surface area contributed by atoms with Crippen LogP contribution in [0.2, 0.25) is 0 Å². The van der Waals surface area contributed by atoms with E-state index in [2.05, 4.69) is 15.6 Å². The van der Waals surface area contributed by atoms with Gasteiger partial charge in [-0.2, -0.15) is 0 Å². The highest BCUT2D eigenvalue weighted by Crippen LogP contribution is 2.04. The summed E-state index contributed by atoms with van der Waals surface area (Å²) in [5, 5.41) is 17.7. The van der Waals surface area contributed by atoms with Gasteiger partial charge in [0.15, 0.2) is 5.84 Å². The highest BCUT2D eigenvalue weighted by molar-refractivity contribution is 5.96. The number of rotatable bonds is 5. The molecule has 0 aliphatic rings. The Morgan fingerprint density at radius 2 is 2.47 bits per heavy atom. The van der Waals surface area contributed by atoms with Crippen molar-refractivity contribution in [1.82, 2.24) is 10.5 Å². The highest BCUT2D eigenvalue weighted by Gasteiger charge is 2.19. The maximum Gasteiger partial charge on any atom is 0.290 e. The number of nitrogens with two attached hydrogens (primary N) is 1. The molecule has 0 saturated heterocycles. The molecule has 1 atom stereocenters. The average molecular weight is 240 g/mol. The van der Waals surface area contributed by atoms with Crippen LogP contribution in [0.15, 0.2) is 15.7 Å². The average Bonchev–Trinajstić information content (AvgIpc) is 2.74. The van der Waals surface area contributed by atoms with Crippen molar-refractivity contribution in [2.45, 2.75) is 32.7 Å². The lowest BCUT2D eigenvalue weighted by atomic mass is 10.1. The van der Waals surface area contributed by atoms with E-state index in [9.17, 15) is 4.79 Å². The van der Waals surface area contributed by atoms with Crippen molar-refractivity contribution >= 4 is 11.7 Å². The van der Waals surface area contributed by atoms with Crippen molar-refractivity contribution in [1.29, 1.82) is 0 Å². The molecule has 0 aromatic carbocycles. The molecule has 0 aliphatic carbocycles. The van der Waals surface area contributed by atoms with E-state index in [1.165, 1.54) is 6.07 Å². The second kappa shape index (κ2) is 5.88. The third kappa shape index (κ3) is 3.47. The van der Waals surface area contributed by atoms with E-state index in [1.807, 2.05) is 6.92 Å². The molecule has 1 unspecified atom stereocenters. The van der Waals surface area contributed by atoms with Gasteiger partial charge in [0, 0.05) is 6.07 Å². The number of nitrogens with zero attached hydrogens (tertiary/aromatic N) is 2. The molecule has 1 amide bonds. The number of oxime groups is 1. The lowest BCUT2D eigenvalue weighted by Crippen LogP contribution is -2.44. The highest BCUT2D eigenvalue weighted by atomic mass is 16.5. The van der Waals surface area contributed by atoms with Crippen LogP contribution >= 0.6 is 0 Å². The van der Waals surface area contributed by atoms with Crippen molar-refractivity contribution in [3.8, 4) is 0 Å². The molecular weight excluding hydrogens is 224 g/mol. The summed E-state index contributed by atoms with van der Waals surface area (Å²) in [6.07, 6.45) is 1.37. The fourth-order valence-electron chi connectivity index (χ4n) is 1.35. The van der Waals surface area contributed by atoms with Crippen molar-refractivity contribution in [3.63, 3.8) is 0 Å². The van der Waals surface area contributed by atoms with Crippen LogP contribution in [0.5, 0.6) is 0 Å². The molecule has 94 valence electrons. The molecule has 1 aromatic heterocycles. The van der Waals surface area contributed by atoms with Crippen molar-refractivity contribution in [2.75, 3.05) is 0 Å². The minimum Gasteiger partial charge on any atom is -0.409 e. The SMILES string of the molecule is CCCC(NC(=O)c1cc(C)no1)C(N)=NO. The van der Waals surface area contributed by atoms with E-state index < -0.39 is 11.9 Å². The predicted octanol–water partition coefficient (Wildman–Crippen LogP) is 0.628. The van der Waals surface area contributed by atoms with Crippen LogP contribution in [0, 0.1) is 6.92 Å². The van der Waals surface area contributed by atoms with Gasteiger partial charge < -0.3 is 20.8 Å². The molecule has 4 N–H and O–H groups in total. The van der Waals surface area contributed by atoms with Gasteiger partial charge in [-0.05, 0) is 13.3 Å². The monoisotopic (exact) mass is 240 g/mol. The first-order valence-corrected chi connectivity index (χ1v) is 5.30. The molecular formula is C10H16N4O3. The third-order valence-corrected chi connectivity index (χ3v) is 2.21. The Hall–Kier alpha value is -2.05. The minimum atomic E-state index is -0.511. The van der Waals surface area contributed by atoms with Crippen LogP contribution in [0.25, 0.3) is 0 Å². The number of carbonyl (C=O) groups excluding carboxylic acids is 1. The summed E-state index contributed by atoms with van der Waals surface area (Å²) in [6, 6.07) is 1.01. The van der Waals surface area contributed by atoms with E-state index in [4.69, 9.17) is 15.5 Å². The van der Waals surface area contributed by atoms with E-state index in [0.717, 1.165) is 6.42 Å². The van der Waals surface area contributed by atoms with Gasteiger partial charge in [-0.1, -0.05) is 23.7 Å². The van der Waals surface area contributed by atoms with Crippen LogP contribution < -0.4 is 11.1 Å². The summed E-state index contributed by atoms with van der Waals surface area (Å²) in [7, 11) is 0. The van der Waals surface area contributed by atoms with Crippen LogP contribution in [-0.2, 0) is 0 Å². The van der Waals surface area contributed by atoms with Gasteiger partial charge in [0.05, 0.1) is 11.7 Å². The van der Waals surface area contributed by atoms with Crippen molar-refractivity contribution < 1.29 is 14.5 Å². The number of amidine groups is 1. The van der Waals surface area contributed by atoms with E-state index in [-0.39, 0.29) is 11.6 Å². The zero-order valence-corrected chi connectivity index (χ0v) is 9.80. The van der Waals surface area contributed by atoms with Crippen molar-refractivity contribution in [3.05, 3.63) is 17.5 Å². The molecule has 0 bridgehead atoms. The Morgan fingerprint density at radius 1 is 1.76 bits per heavy atom. The molecule has 17 heavy (non-hydrogen) atoms. The summed E-state index contributed by atoms with van der Waals surface area (Å²) < 4.78 is 4.81. The van der Waals surface area contributed by atoms with E-state index >= 15 is 0 Å². The number of carbonyl (C=O) groups is 1. The smallest absolute Gasteiger partial charge is 0.290 e. The number of hydrogen-bond donors (Lipinski definition) is 3. The Bertz CT molecular complexity index is 413. The maximum atomic E-state index is 11.7. The maximum absolute atomic E-state index is 11.7. The van der Waals surface area contributed by atoms with Crippen LogP contribution in [0.4, 0.5) is 0 Å². The van der Waals surface area contributed by atoms with Gasteiger partial charge in [-0.3, -0.25) is 4.79 Å². The molecule has 7 heteroatoms. The summed E-state index contributed by atoms with van der Waals surface area (Å²) in [6.45, 7) is 3.65. The van der Waals surface area contributed by atoms with Gasteiger partial charge in [0.2, 0.25) is 5.76 Å². The fraction of sp³-hybridized carbons (Fsp3) is 0.500. The summed E-state index contributed by atoms with van der Waals surface area (Å²) >= 11 is 0. The topological polar surface area (TPSA) is 114 Å². The molecule has 0 spiro atoms. The standard InChI is InChI=1S/C10H16N4O3/c1-3-4-7(9(11)13-16)12-10(15)8-5-6(2)14-17-8/h5,7,16H,3-4H2,1-2H3,(H2,11,13)(H,12,15). The lowest BCUT2D eigenvalue weighted by Gasteiger charge is -2.15. The minimum absolute atomic E-state index is 0.0311. The molecule has 1 heterocycles. The second-order valence-electron chi connectivity index (χ2n) is 3.67. The zero-order chi connectivity index (χ0) is 12.8. The Labute approximate surface area is 98.6 Å². The molecule has 0 fully saturated rings. The second-order valence-corrected chi connectivity index (χ2v) is 3.67. The first-order valence-electron chi connectivity index (χ1n) is 5.30. The Kier molecular flexibility index (Phi) is 4.50. The molecule has 0 aliphatic heterocycles. The lowest BCUT2D eigenvalue weighted by molar-refractivity contribution is 0.0907. The quantitative estimate of drug-likeness (QED) is 0.302. The largest absolute Gasteiger partial charge is 0.409 e. The van der Waals surface area contributed by atoms with E-state index in [0.29, 0.717) is 12.1 Å². The predicted molar refractivity (Wildman–Crippen MR) is 60.8 cm³/mol.